The van der Waals surface area contributed by atoms with Gasteiger partial charge in [-0.25, -0.2) is 0 Å². The molecule has 1 aromatic rings. The summed E-state index contributed by atoms with van der Waals surface area (Å²) in [6, 6.07) is 12.1. The minimum atomic E-state index is 0.344. The summed E-state index contributed by atoms with van der Waals surface area (Å²) in [6.45, 7) is 11.6. The zero-order chi connectivity index (χ0) is 15.0. The number of hydrogen-bond donors (Lipinski definition) is 1. The summed E-state index contributed by atoms with van der Waals surface area (Å²) in [6.07, 6.45) is 6.26. The van der Waals surface area contributed by atoms with Crippen molar-refractivity contribution >= 4 is 0 Å². The molecule has 20 heavy (non-hydrogen) atoms. The standard InChI is InChI=1S/C19H33N/c1-6-11-17(12-7-2)20-18(15-19(3,4)5)16-13-9-8-10-14-16/h8-10,13-14,17-18,20H,6-7,11-12,15H2,1-5H3. The smallest absolute Gasteiger partial charge is 0.0327 e. The van der Waals surface area contributed by atoms with E-state index >= 15 is 0 Å². The van der Waals surface area contributed by atoms with Crippen LogP contribution in [-0.4, -0.2) is 6.04 Å². The third kappa shape index (κ3) is 6.56. The van der Waals surface area contributed by atoms with Gasteiger partial charge in [-0.3, -0.25) is 0 Å². The summed E-state index contributed by atoms with van der Waals surface area (Å²) in [5, 5.41) is 3.93. The Balaban J connectivity index is 2.81. The fourth-order valence-corrected chi connectivity index (χ4v) is 2.86. The predicted molar refractivity (Wildman–Crippen MR) is 90.0 cm³/mol. The Morgan fingerprint density at radius 3 is 1.95 bits per heavy atom. The first-order valence-electron chi connectivity index (χ1n) is 8.27. The van der Waals surface area contributed by atoms with Crippen molar-refractivity contribution in [1.82, 2.24) is 5.32 Å². The molecule has 0 aliphatic heterocycles. The number of nitrogens with one attached hydrogen (secondary N) is 1. The van der Waals surface area contributed by atoms with Gasteiger partial charge in [0.05, 0.1) is 0 Å². The van der Waals surface area contributed by atoms with Crippen LogP contribution in [-0.2, 0) is 0 Å². The molecule has 0 radical (unpaired) electrons. The highest BCUT2D eigenvalue weighted by atomic mass is 14.9. The maximum atomic E-state index is 3.93. The summed E-state index contributed by atoms with van der Waals surface area (Å²) < 4.78 is 0. The number of hydrogen-bond acceptors (Lipinski definition) is 1. The lowest BCUT2D eigenvalue weighted by atomic mass is 9.85. The second kappa shape index (κ2) is 8.46. The Morgan fingerprint density at radius 2 is 1.50 bits per heavy atom. The molecule has 0 bridgehead atoms. The molecule has 0 aromatic heterocycles. The summed E-state index contributed by atoms with van der Waals surface area (Å²) >= 11 is 0. The lowest BCUT2D eigenvalue weighted by molar-refractivity contribution is 0.281. The van der Waals surface area contributed by atoms with Gasteiger partial charge in [-0.1, -0.05) is 77.8 Å². The second-order valence-electron chi connectivity index (χ2n) is 7.17. The molecule has 0 saturated heterocycles. The Bertz CT molecular complexity index is 344. The Labute approximate surface area is 126 Å². The third-order valence-corrected chi connectivity index (χ3v) is 3.73. The fourth-order valence-electron chi connectivity index (χ4n) is 2.86. The first-order valence-corrected chi connectivity index (χ1v) is 8.27. The van der Waals surface area contributed by atoms with E-state index in [4.69, 9.17) is 0 Å². The Kier molecular flexibility index (Phi) is 7.29. The van der Waals surface area contributed by atoms with Crippen molar-refractivity contribution in [3.8, 4) is 0 Å². The number of benzene rings is 1. The van der Waals surface area contributed by atoms with Crippen LogP contribution in [0.3, 0.4) is 0 Å². The zero-order valence-electron chi connectivity index (χ0n) is 14.1. The van der Waals surface area contributed by atoms with Gasteiger partial charge in [0, 0.05) is 12.1 Å². The summed E-state index contributed by atoms with van der Waals surface area (Å²) in [7, 11) is 0. The van der Waals surface area contributed by atoms with Crippen molar-refractivity contribution in [2.45, 2.75) is 78.8 Å². The van der Waals surface area contributed by atoms with Crippen molar-refractivity contribution in [2.75, 3.05) is 0 Å². The maximum Gasteiger partial charge on any atom is 0.0327 e. The molecule has 0 aliphatic carbocycles. The van der Waals surface area contributed by atoms with E-state index < -0.39 is 0 Å². The third-order valence-electron chi connectivity index (χ3n) is 3.73. The van der Waals surface area contributed by atoms with E-state index in [1.165, 1.54) is 37.7 Å². The van der Waals surface area contributed by atoms with Gasteiger partial charge in [-0.05, 0) is 30.2 Å². The highest BCUT2D eigenvalue weighted by Gasteiger charge is 2.22. The Hall–Kier alpha value is -0.820. The van der Waals surface area contributed by atoms with Gasteiger partial charge in [0.1, 0.15) is 0 Å². The lowest BCUT2D eigenvalue weighted by Gasteiger charge is -2.31. The van der Waals surface area contributed by atoms with E-state index in [0.717, 1.165) is 0 Å². The molecule has 114 valence electrons. The quantitative estimate of drug-likeness (QED) is 0.639. The summed E-state index contributed by atoms with van der Waals surface area (Å²) in [5.41, 5.74) is 1.77. The topological polar surface area (TPSA) is 12.0 Å². The molecule has 1 aromatic carbocycles. The highest BCUT2D eigenvalue weighted by molar-refractivity contribution is 5.19. The van der Waals surface area contributed by atoms with Crippen LogP contribution < -0.4 is 5.32 Å². The van der Waals surface area contributed by atoms with Crippen molar-refractivity contribution in [2.24, 2.45) is 5.41 Å². The fraction of sp³-hybridized carbons (Fsp3) is 0.684. The predicted octanol–water partition coefficient (Wildman–Crippen LogP) is 5.72. The minimum Gasteiger partial charge on any atom is -0.307 e. The summed E-state index contributed by atoms with van der Waals surface area (Å²) in [4.78, 5) is 0. The molecule has 1 atom stereocenters. The van der Waals surface area contributed by atoms with E-state index in [1.54, 1.807) is 0 Å². The van der Waals surface area contributed by atoms with Crippen LogP contribution >= 0.6 is 0 Å². The normalized spacial score (nSPS) is 13.7. The van der Waals surface area contributed by atoms with Crippen LogP contribution in [0.1, 0.15) is 78.3 Å². The van der Waals surface area contributed by atoms with E-state index in [9.17, 15) is 0 Å². The SMILES string of the molecule is CCCC(CCC)NC(CC(C)(C)C)c1ccccc1. The van der Waals surface area contributed by atoms with Gasteiger partial charge in [-0.15, -0.1) is 0 Å². The van der Waals surface area contributed by atoms with Gasteiger partial charge in [0.15, 0.2) is 0 Å². The molecule has 1 heteroatoms. The highest BCUT2D eigenvalue weighted by Crippen LogP contribution is 2.30. The van der Waals surface area contributed by atoms with Crippen LogP contribution in [0.5, 0.6) is 0 Å². The second-order valence-corrected chi connectivity index (χ2v) is 7.17. The lowest BCUT2D eigenvalue weighted by Crippen LogP contribution is -2.34. The molecule has 0 heterocycles. The average molecular weight is 275 g/mol. The molecule has 1 rings (SSSR count). The van der Waals surface area contributed by atoms with E-state index in [0.29, 0.717) is 17.5 Å². The van der Waals surface area contributed by atoms with Crippen LogP contribution in [0, 0.1) is 5.41 Å². The molecule has 1 nitrogen and oxygen atoms in total. The van der Waals surface area contributed by atoms with Crippen molar-refractivity contribution < 1.29 is 0 Å². The molecule has 1 N–H and O–H groups in total. The van der Waals surface area contributed by atoms with Crippen LogP contribution in [0.25, 0.3) is 0 Å². The molecule has 0 saturated carbocycles. The van der Waals surface area contributed by atoms with Gasteiger partial charge < -0.3 is 5.32 Å². The molecule has 1 unspecified atom stereocenters. The van der Waals surface area contributed by atoms with Crippen LogP contribution in [0.4, 0.5) is 0 Å². The summed E-state index contributed by atoms with van der Waals surface area (Å²) in [5.74, 6) is 0. The van der Waals surface area contributed by atoms with Crippen LogP contribution in [0.15, 0.2) is 30.3 Å². The Morgan fingerprint density at radius 1 is 0.950 bits per heavy atom. The van der Waals surface area contributed by atoms with Gasteiger partial charge in [0.25, 0.3) is 0 Å². The van der Waals surface area contributed by atoms with Crippen LogP contribution in [0.2, 0.25) is 0 Å². The molecule has 0 aliphatic rings. The van der Waals surface area contributed by atoms with Gasteiger partial charge in [0.2, 0.25) is 0 Å². The minimum absolute atomic E-state index is 0.344. The van der Waals surface area contributed by atoms with Crippen molar-refractivity contribution in [3.05, 3.63) is 35.9 Å². The monoisotopic (exact) mass is 275 g/mol. The first-order chi connectivity index (χ1) is 9.46. The zero-order valence-corrected chi connectivity index (χ0v) is 14.1. The first kappa shape index (κ1) is 17.2. The van der Waals surface area contributed by atoms with E-state index in [1.807, 2.05) is 0 Å². The maximum absolute atomic E-state index is 3.93. The van der Waals surface area contributed by atoms with Crippen molar-refractivity contribution in [3.63, 3.8) is 0 Å². The average Bonchev–Trinajstić information content (AvgIpc) is 2.38. The largest absolute Gasteiger partial charge is 0.307 e. The molecule has 0 spiro atoms. The molecular formula is C19H33N. The van der Waals surface area contributed by atoms with Gasteiger partial charge >= 0.3 is 0 Å². The molecular weight excluding hydrogens is 242 g/mol. The molecule has 0 fully saturated rings. The van der Waals surface area contributed by atoms with Crippen molar-refractivity contribution in [1.29, 1.82) is 0 Å². The number of rotatable bonds is 8. The van der Waals surface area contributed by atoms with E-state index in [2.05, 4.69) is 70.3 Å². The van der Waals surface area contributed by atoms with E-state index in [-0.39, 0.29) is 0 Å². The van der Waals surface area contributed by atoms with Gasteiger partial charge in [-0.2, -0.15) is 0 Å². The molecule has 0 amide bonds.